The van der Waals surface area contributed by atoms with E-state index in [9.17, 15) is 14.4 Å². The largest absolute Gasteiger partial charge is 0.497 e. The first-order chi connectivity index (χ1) is 27.0. The third-order valence-corrected chi connectivity index (χ3v) is 11.1. The van der Waals surface area contributed by atoms with Gasteiger partial charge in [0.1, 0.15) is 23.7 Å². The molecule has 0 aliphatic carbocycles. The van der Waals surface area contributed by atoms with Crippen molar-refractivity contribution in [1.29, 1.82) is 0 Å². The van der Waals surface area contributed by atoms with Crippen molar-refractivity contribution in [2.75, 3.05) is 30.0 Å². The van der Waals surface area contributed by atoms with E-state index in [1.807, 2.05) is 72.8 Å². The third-order valence-electron chi connectivity index (χ3n) is 11.1. The summed E-state index contributed by atoms with van der Waals surface area (Å²) in [5, 5.41) is 4.62. The number of anilines is 2. The Morgan fingerprint density at radius 1 is 0.727 bits per heavy atom. The van der Waals surface area contributed by atoms with E-state index in [1.165, 1.54) is 22.9 Å². The Bertz CT molecular complexity index is 2420. The molecule has 3 aliphatic rings. The molecule has 8 nitrogen and oxygen atoms in total. The fourth-order valence-electron chi connectivity index (χ4n) is 8.48. The second-order valence-corrected chi connectivity index (χ2v) is 14.3. The van der Waals surface area contributed by atoms with Crippen molar-refractivity contribution in [3.8, 4) is 11.5 Å². The van der Waals surface area contributed by atoms with Crippen LogP contribution in [0.1, 0.15) is 58.1 Å². The maximum atomic E-state index is 14.6. The summed E-state index contributed by atoms with van der Waals surface area (Å²) in [6.07, 6.45) is 3.30. The number of hydrogen-bond donors (Lipinski definition) is 1. The normalized spacial score (nSPS) is 18.6. The van der Waals surface area contributed by atoms with E-state index < -0.39 is 17.8 Å². The van der Waals surface area contributed by atoms with Gasteiger partial charge in [0.15, 0.2) is 0 Å². The molecule has 0 spiro atoms. The lowest BCUT2D eigenvalue weighted by Gasteiger charge is -2.44. The number of imide groups is 2. The molecule has 4 amide bonds. The van der Waals surface area contributed by atoms with Gasteiger partial charge in [-0.05, 0) is 81.8 Å². The lowest BCUT2D eigenvalue weighted by Crippen LogP contribution is -2.54. The number of nitrogens with zero attached hydrogens (tertiary/aromatic N) is 2. The van der Waals surface area contributed by atoms with Gasteiger partial charge in [-0.3, -0.25) is 14.9 Å². The number of benzene rings is 6. The van der Waals surface area contributed by atoms with Crippen LogP contribution < -0.4 is 24.6 Å². The van der Waals surface area contributed by atoms with E-state index in [2.05, 4.69) is 52.7 Å². The van der Waals surface area contributed by atoms with Gasteiger partial charge in [0.2, 0.25) is 0 Å². The van der Waals surface area contributed by atoms with Crippen LogP contribution in [0.25, 0.3) is 16.8 Å². The molecule has 0 aromatic heterocycles. The smallest absolute Gasteiger partial charge is 0.335 e. The number of rotatable bonds is 8. The van der Waals surface area contributed by atoms with Gasteiger partial charge in [-0.25, -0.2) is 9.69 Å². The quantitative estimate of drug-likeness (QED) is 0.125. The summed E-state index contributed by atoms with van der Waals surface area (Å²) in [6, 6.07) is 43.4. The van der Waals surface area contributed by atoms with Crippen molar-refractivity contribution in [1.82, 2.24) is 5.32 Å². The van der Waals surface area contributed by atoms with Crippen LogP contribution in [-0.4, -0.2) is 38.0 Å². The summed E-state index contributed by atoms with van der Waals surface area (Å²) >= 11 is 0. The van der Waals surface area contributed by atoms with Gasteiger partial charge in [0.25, 0.3) is 11.8 Å². The number of carbonyl (C=O) groups is 3. The van der Waals surface area contributed by atoms with Crippen LogP contribution in [0.2, 0.25) is 0 Å². The van der Waals surface area contributed by atoms with Crippen LogP contribution >= 0.6 is 0 Å². The molecule has 0 unspecified atom stereocenters. The maximum absolute atomic E-state index is 14.6. The first kappa shape index (κ1) is 34.1. The highest BCUT2D eigenvalue weighted by Gasteiger charge is 2.40. The molecule has 2 atom stereocenters. The molecular weight excluding hydrogens is 687 g/mol. The summed E-state index contributed by atoms with van der Waals surface area (Å²) < 4.78 is 11.9. The highest BCUT2D eigenvalue weighted by atomic mass is 16.5. The number of urea groups is 1. The Morgan fingerprint density at radius 3 is 2.04 bits per heavy atom. The molecule has 3 aliphatic heterocycles. The topological polar surface area (TPSA) is 88.2 Å². The predicted molar refractivity (Wildman–Crippen MR) is 215 cm³/mol. The standard InChI is InChI=1S/C47H39N3O5/c1-54-36-20-19-33(43(28-36)55-29-34-17-10-16-30-15-8-9-18-37(30)34)25-42-45(51)48-47(53)50(46(42)52)35-26-40-38(31-11-4-2-5-12-31)21-23-49-24-22-39(41(27-35)44(40)49)32-13-6-3-7-14-32/h2-20,25-28,38-39H,21-24,29H2,1H3,(H,48,51,53)/b42-25+/t38-,39-/m0/s1. The Hall–Kier alpha value is -6.67. The molecule has 55 heavy (non-hydrogen) atoms. The molecule has 8 heteroatoms. The fraction of sp³-hybridized carbons (Fsp3) is 0.170. The van der Waals surface area contributed by atoms with Crippen molar-refractivity contribution in [2.45, 2.75) is 31.3 Å². The summed E-state index contributed by atoms with van der Waals surface area (Å²) in [4.78, 5) is 45.4. The molecule has 0 bridgehead atoms. The number of nitrogens with one attached hydrogen (secondary N) is 1. The molecule has 272 valence electrons. The van der Waals surface area contributed by atoms with E-state index >= 15 is 0 Å². The highest BCUT2D eigenvalue weighted by molar-refractivity contribution is 6.39. The molecule has 1 N–H and O–H groups in total. The number of barbiturate groups is 1. The average Bonchev–Trinajstić information content (AvgIpc) is 3.22. The lowest BCUT2D eigenvalue weighted by molar-refractivity contribution is -0.122. The minimum Gasteiger partial charge on any atom is -0.497 e. The Balaban J connectivity index is 1.12. The van der Waals surface area contributed by atoms with Gasteiger partial charge in [-0.15, -0.1) is 0 Å². The van der Waals surface area contributed by atoms with Crippen LogP contribution in [0.3, 0.4) is 0 Å². The van der Waals surface area contributed by atoms with Crippen molar-refractivity contribution in [2.24, 2.45) is 0 Å². The van der Waals surface area contributed by atoms with E-state index in [4.69, 9.17) is 9.47 Å². The molecule has 0 radical (unpaired) electrons. The van der Waals surface area contributed by atoms with E-state index in [1.54, 1.807) is 25.3 Å². The van der Waals surface area contributed by atoms with Gasteiger partial charge < -0.3 is 14.4 Å². The lowest BCUT2D eigenvalue weighted by atomic mass is 9.76. The number of hydrogen-bond acceptors (Lipinski definition) is 6. The molecular formula is C47H39N3O5. The van der Waals surface area contributed by atoms with Crippen LogP contribution in [0.5, 0.6) is 11.5 Å². The number of carbonyl (C=O) groups excluding carboxylic acids is 3. The average molecular weight is 726 g/mol. The second kappa shape index (κ2) is 14.3. The fourth-order valence-corrected chi connectivity index (χ4v) is 8.48. The van der Waals surface area contributed by atoms with E-state index in [0.717, 1.165) is 58.3 Å². The monoisotopic (exact) mass is 725 g/mol. The number of ether oxygens (including phenoxy) is 2. The van der Waals surface area contributed by atoms with Crippen molar-refractivity contribution in [3.05, 3.63) is 172 Å². The van der Waals surface area contributed by atoms with Gasteiger partial charge in [0.05, 0.1) is 12.8 Å². The Labute approximate surface area is 319 Å². The molecule has 1 fully saturated rings. The molecule has 6 aromatic carbocycles. The first-order valence-corrected chi connectivity index (χ1v) is 18.7. The number of methoxy groups -OCH3 is 1. The first-order valence-electron chi connectivity index (χ1n) is 18.7. The van der Waals surface area contributed by atoms with E-state index in [-0.39, 0.29) is 24.0 Å². The van der Waals surface area contributed by atoms with Crippen molar-refractivity contribution < 1.29 is 23.9 Å². The number of amides is 4. The Morgan fingerprint density at radius 2 is 1.36 bits per heavy atom. The SMILES string of the molecule is COc1ccc(/C=C2\C(=O)NC(=O)N(c3cc4c5c(c3)[C@H](c3ccccc3)CCN5CC[C@H]4c3ccccc3)C2=O)c(OCc2cccc3ccccc23)c1. The molecule has 3 heterocycles. The summed E-state index contributed by atoms with van der Waals surface area (Å²) in [5.74, 6) is -0.338. The Kier molecular flexibility index (Phi) is 8.86. The van der Waals surface area contributed by atoms with Crippen LogP contribution in [0, 0.1) is 0 Å². The minimum atomic E-state index is -0.780. The molecule has 9 rings (SSSR count). The van der Waals surface area contributed by atoms with Crippen LogP contribution in [0.15, 0.2) is 139 Å². The molecule has 0 saturated carbocycles. The predicted octanol–water partition coefficient (Wildman–Crippen LogP) is 8.97. The second-order valence-electron chi connectivity index (χ2n) is 14.3. The van der Waals surface area contributed by atoms with E-state index in [0.29, 0.717) is 22.7 Å². The zero-order chi connectivity index (χ0) is 37.5. The van der Waals surface area contributed by atoms with Crippen molar-refractivity contribution >= 4 is 46.1 Å². The number of fused-ring (bicyclic) bond motifs is 1. The van der Waals surface area contributed by atoms with Crippen molar-refractivity contribution in [3.63, 3.8) is 0 Å². The zero-order valence-electron chi connectivity index (χ0n) is 30.4. The van der Waals surface area contributed by atoms with Gasteiger partial charge >= 0.3 is 6.03 Å². The summed E-state index contributed by atoms with van der Waals surface area (Å²) in [5.41, 5.74) is 7.44. The van der Waals surface area contributed by atoms with Gasteiger partial charge in [-0.2, -0.15) is 0 Å². The summed E-state index contributed by atoms with van der Waals surface area (Å²) in [6.45, 7) is 2.07. The minimum absolute atomic E-state index is 0.0704. The zero-order valence-corrected chi connectivity index (χ0v) is 30.4. The van der Waals surface area contributed by atoms with Crippen LogP contribution in [0.4, 0.5) is 16.2 Å². The van der Waals surface area contributed by atoms with Gasteiger partial charge in [-0.1, -0.05) is 103 Å². The maximum Gasteiger partial charge on any atom is 0.335 e. The van der Waals surface area contributed by atoms with Crippen LogP contribution in [-0.2, 0) is 16.2 Å². The highest BCUT2D eigenvalue weighted by Crippen LogP contribution is 2.50. The summed E-state index contributed by atoms with van der Waals surface area (Å²) in [7, 11) is 1.57. The van der Waals surface area contributed by atoms with Gasteiger partial charge in [0, 0.05) is 42.2 Å². The molecule has 6 aromatic rings. The molecule has 1 saturated heterocycles. The third kappa shape index (κ3) is 6.29.